The first kappa shape index (κ1) is 22.3. The van der Waals surface area contributed by atoms with Crippen LogP contribution in [0.5, 0.6) is 5.75 Å². The Balaban J connectivity index is 0.00000176. The van der Waals surface area contributed by atoms with Crippen molar-refractivity contribution in [2.75, 3.05) is 6.61 Å². The van der Waals surface area contributed by atoms with Crippen molar-refractivity contribution >= 4 is 0 Å². The lowest BCUT2D eigenvalue weighted by molar-refractivity contribution is 0.303. The number of ether oxygens (including phenoxy) is 1. The summed E-state index contributed by atoms with van der Waals surface area (Å²) in [5.41, 5.74) is 3.12. The highest BCUT2D eigenvalue weighted by Gasteiger charge is 1.96. The summed E-state index contributed by atoms with van der Waals surface area (Å²) < 4.78 is 5.75. The third kappa shape index (κ3) is 9.53. The summed E-state index contributed by atoms with van der Waals surface area (Å²) in [6.07, 6.45) is 18.5. The minimum Gasteiger partial charge on any atom is -0.492 e. The van der Waals surface area contributed by atoms with Gasteiger partial charge in [-0.15, -0.1) is 12.8 Å². The van der Waals surface area contributed by atoms with Crippen LogP contribution in [0.4, 0.5) is 0 Å². The molecule has 0 fully saturated rings. The summed E-state index contributed by atoms with van der Waals surface area (Å²) in [5, 5.41) is 0. The molecule has 2 rings (SSSR count). The van der Waals surface area contributed by atoms with Gasteiger partial charge in [-0.3, -0.25) is 0 Å². The second kappa shape index (κ2) is 14.5. The minimum absolute atomic E-state index is 0.766. The summed E-state index contributed by atoms with van der Waals surface area (Å²) in [7, 11) is 0. The molecule has 0 saturated heterocycles. The lowest BCUT2D eigenvalue weighted by atomic mass is 10.1. The molecule has 0 aliphatic carbocycles. The molecule has 0 atom stereocenters. The van der Waals surface area contributed by atoms with Gasteiger partial charge in [0, 0.05) is 5.56 Å². The first-order valence-corrected chi connectivity index (χ1v) is 9.85. The zero-order valence-corrected chi connectivity index (χ0v) is 16.7. The van der Waals surface area contributed by atoms with Crippen LogP contribution in [0.1, 0.15) is 69.2 Å². The molecule has 0 aliphatic heterocycles. The van der Waals surface area contributed by atoms with Crippen molar-refractivity contribution in [2.45, 2.75) is 58.8 Å². The smallest absolute Gasteiger partial charge is 0.137 e. The predicted octanol–water partition coefficient (Wildman–Crippen LogP) is 6.03. The van der Waals surface area contributed by atoms with E-state index in [0.29, 0.717) is 0 Å². The first-order valence-electron chi connectivity index (χ1n) is 9.85. The lowest BCUT2D eigenvalue weighted by Gasteiger charge is -2.05. The fourth-order valence-corrected chi connectivity index (χ4v) is 2.57. The van der Waals surface area contributed by atoms with E-state index in [4.69, 9.17) is 4.74 Å². The van der Waals surface area contributed by atoms with Gasteiger partial charge in [0.25, 0.3) is 0 Å². The van der Waals surface area contributed by atoms with Crippen LogP contribution in [0, 0.1) is 24.7 Å². The molecule has 1 heterocycles. The highest BCUT2D eigenvalue weighted by atomic mass is 16.5. The van der Waals surface area contributed by atoms with E-state index in [-0.39, 0.29) is 0 Å². The molecule has 0 saturated carbocycles. The molecule has 0 radical (unpaired) electrons. The van der Waals surface area contributed by atoms with Crippen molar-refractivity contribution in [3.63, 3.8) is 0 Å². The van der Waals surface area contributed by atoms with Crippen LogP contribution in [-0.4, -0.2) is 11.6 Å². The quantitative estimate of drug-likeness (QED) is 0.402. The van der Waals surface area contributed by atoms with Gasteiger partial charge in [0.05, 0.1) is 12.8 Å². The standard InChI is InChI=1S/C23H29NO.C2H2/c1-3-5-6-7-8-9-18-25-23-17-16-22(24-19-23)15-14-21-12-10-20(4-2)11-13-21;1-2/h10-13,16-17,19H,3-9,18H2,1-2H3;1-2H. The summed E-state index contributed by atoms with van der Waals surface area (Å²) in [6, 6.07) is 12.2. The number of terminal acetylenes is 1. The molecule has 0 N–H and O–H groups in total. The number of rotatable bonds is 9. The lowest BCUT2D eigenvalue weighted by Crippen LogP contribution is -1.98. The second-order valence-corrected chi connectivity index (χ2v) is 6.30. The molecule has 0 amide bonds. The van der Waals surface area contributed by atoms with E-state index < -0.39 is 0 Å². The van der Waals surface area contributed by atoms with E-state index in [1.807, 2.05) is 12.1 Å². The molecule has 0 spiro atoms. The maximum Gasteiger partial charge on any atom is 0.137 e. The van der Waals surface area contributed by atoms with Gasteiger partial charge in [-0.25, -0.2) is 4.98 Å². The third-order valence-electron chi connectivity index (χ3n) is 4.20. The molecule has 1 aromatic carbocycles. The van der Waals surface area contributed by atoms with Gasteiger partial charge < -0.3 is 4.74 Å². The van der Waals surface area contributed by atoms with Gasteiger partial charge in [-0.05, 0) is 48.6 Å². The third-order valence-corrected chi connectivity index (χ3v) is 4.20. The van der Waals surface area contributed by atoms with E-state index in [1.165, 1.54) is 37.7 Å². The highest BCUT2D eigenvalue weighted by molar-refractivity contribution is 5.41. The van der Waals surface area contributed by atoms with Gasteiger partial charge in [0.15, 0.2) is 0 Å². The van der Waals surface area contributed by atoms with Gasteiger partial charge in [0.1, 0.15) is 11.4 Å². The number of hydrogen-bond donors (Lipinski definition) is 0. The largest absolute Gasteiger partial charge is 0.492 e. The van der Waals surface area contributed by atoms with Gasteiger partial charge in [-0.2, -0.15) is 0 Å². The van der Waals surface area contributed by atoms with E-state index in [1.54, 1.807) is 6.20 Å². The van der Waals surface area contributed by atoms with Gasteiger partial charge in [0.2, 0.25) is 0 Å². The molecule has 2 aromatic rings. The van der Waals surface area contributed by atoms with Crippen LogP contribution in [0.3, 0.4) is 0 Å². The Hall–Kier alpha value is -2.71. The van der Waals surface area contributed by atoms with Crippen molar-refractivity contribution in [1.82, 2.24) is 4.98 Å². The number of pyridine rings is 1. The van der Waals surface area contributed by atoms with Crippen LogP contribution in [0.15, 0.2) is 42.6 Å². The Morgan fingerprint density at radius 2 is 1.56 bits per heavy atom. The maximum atomic E-state index is 5.75. The van der Waals surface area contributed by atoms with Crippen LogP contribution < -0.4 is 4.74 Å². The molecular formula is C25H31NO. The Morgan fingerprint density at radius 1 is 0.852 bits per heavy atom. The minimum atomic E-state index is 0.766. The summed E-state index contributed by atoms with van der Waals surface area (Å²) in [5.74, 6) is 7.09. The van der Waals surface area contributed by atoms with Crippen molar-refractivity contribution in [2.24, 2.45) is 0 Å². The SMILES string of the molecule is C#C.CCCCCCCCOc1ccc(C#Cc2ccc(CC)cc2)nc1. The van der Waals surface area contributed by atoms with Crippen molar-refractivity contribution in [3.8, 4) is 30.4 Å². The Morgan fingerprint density at radius 3 is 2.19 bits per heavy atom. The van der Waals surface area contributed by atoms with E-state index in [9.17, 15) is 0 Å². The molecule has 0 aliphatic rings. The molecule has 2 nitrogen and oxygen atoms in total. The average Bonchev–Trinajstić information content (AvgIpc) is 2.74. The normalized spacial score (nSPS) is 9.48. The maximum absolute atomic E-state index is 5.75. The van der Waals surface area contributed by atoms with Crippen molar-refractivity contribution < 1.29 is 4.74 Å². The summed E-state index contributed by atoms with van der Waals surface area (Å²) in [6.45, 7) is 5.16. The monoisotopic (exact) mass is 361 g/mol. The second-order valence-electron chi connectivity index (χ2n) is 6.30. The number of benzene rings is 1. The van der Waals surface area contributed by atoms with Crippen molar-refractivity contribution in [1.29, 1.82) is 0 Å². The molecule has 142 valence electrons. The fourth-order valence-electron chi connectivity index (χ4n) is 2.57. The number of aryl methyl sites for hydroxylation is 1. The molecular weight excluding hydrogens is 330 g/mol. The van der Waals surface area contributed by atoms with E-state index in [0.717, 1.165) is 36.5 Å². The molecule has 0 unspecified atom stereocenters. The number of nitrogens with zero attached hydrogens (tertiary/aromatic N) is 1. The van der Waals surface area contributed by atoms with Crippen LogP contribution in [-0.2, 0) is 6.42 Å². The van der Waals surface area contributed by atoms with E-state index in [2.05, 4.69) is 67.8 Å². The van der Waals surface area contributed by atoms with Gasteiger partial charge in [-0.1, -0.05) is 64.0 Å². The highest BCUT2D eigenvalue weighted by Crippen LogP contribution is 2.11. The molecule has 2 heteroatoms. The first-order chi connectivity index (χ1) is 13.3. The fraction of sp³-hybridized carbons (Fsp3) is 0.400. The summed E-state index contributed by atoms with van der Waals surface area (Å²) >= 11 is 0. The molecule has 27 heavy (non-hydrogen) atoms. The summed E-state index contributed by atoms with van der Waals surface area (Å²) in [4.78, 5) is 4.37. The van der Waals surface area contributed by atoms with Crippen LogP contribution in [0.2, 0.25) is 0 Å². The number of aromatic nitrogens is 1. The number of unbranched alkanes of at least 4 members (excludes halogenated alkanes) is 5. The number of hydrogen-bond acceptors (Lipinski definition) is 2. The van der Waals surface area contributed by atoms with Crippen LogP contribution in [0.25, 0.3) is 0 Å². The van der Waals surface area contributed by atoms with Gasteiger partial charge >= 0.3 is 0 Å². The van der Waals surface area contributed by atoms with E-state index >= 15 is 0 Å². The van der Waals surface area contributed by atoms with Crippen molar-refractivity contribution in [3.05, 3.63) is 59.4 Å². The molecule has 0 bridgehead atoms. The Kier molecular flexibility index (Phi) is 12.0. The molecule has 1 aromatic heterocycles. The Bertz CT molecular complexity index is 702. The topological polar surface area (TPSA) is 22.1 Å². The predicted molar refractivity (Wildman–Crippen MR) is 115 cm³/mol. The average molecular weight is 362 g/mol. The van der Waals surface area contributed by atoms with Crippen LogP contribution >= 0.6 is 0 Å². The zero-order valence-electron chi connectivity index (χ0n) is 16.7. The Labute approximate surface area is 165 Å². The zero-order chi connectivity index (χ0) is 19.7.